The fourth-order valence-corrected chi connectivity index (χ4v) is 5.08. The summed E-state index contributed by atoms with van der Waals surface area (Å²) in [7, 11) is -3.92. The number of hydrogen-bond acceptors (Lipinski definition) is 9. The summed E-state index contributed by atoms with van der Waals surface area (Å²) in [5.41, 5.74) is 6.69. The number of aromatic nitrogens is 1. The van der Waals surface area contributed by atoms with Crippen LogP contribution in [0.4, 0.5) is 23.2 Å². The molecule has 1 heterocycles. The number of aliphatic hydroxyl groups excluding tert-OH is 1. The average Bonchev–Trinajstić information content (AvgIpc) is 3.32. The Labute approximate surface area is 243 Å². The molecule has 0 amide bonds. The summed E-state index contributed by atoms with van der Waals surface area (Å²) in [5, 5.41) is 18.5. The number of allylic oxidation sites excluding steroid dienone is 2. The van der Waals surface area contributed by atoms with E-state index >= 15 is 0 Å². The van der Waals surface area contributed by atoms with Crippen molar-refractivity contribution in [1.82, 2.24) is 4.98 Å². The van der Waals surface area contributed by atoms with Crippen molar-refractivity contribution in [2.24, 2.45) is 10.7 Å². The van der Waals surface area contributed by atoms with Gasteiger partial charge in [-0.05, 0) is 65.7 Å². The van der Waals surface area contributed by atoms with Gasteiger partial charge in [0.05, 0.1) is 17.2 Å². The molecular weight excluding hydrogens is 592 g/mol. The molecular formula is C29H22F4N4O5S. The van der Waals surface area contributed by atoms with Gasteiger partial charge in [-0.15, -0.1) is 13.2 Å². The van der Waals surface area contributed by atoms with Crippen molar-refractivity contribution in [3.8, 4) is 45.5 Å². The highest BCUT2D eigenvalue weighted by atomic mass is 32.2. The zero-order valence-corrected chi connectivity index (χ0v) is 23.3. The molecule has 0 fully saturated rings. The second kappa shape index (κ2) is 12.1. The van der Waals surface area contributed by atoms with Crippen LogP contribution < -0.4 is 10.5 Å². The Hall–Kier alpha value is -5.00. The van der Waals surface area contributed by atoms with E-state index in [1.165, 1.54) is 42.6 Å². The molecule has 0 bridgehead atoms. The van der Waals surface area contributed by atoms with Gasteiger partial charge < -0.3 is 20.0 Å². The number of aliphatic imine (C=N–C) groups is 1. The average molecular weight is 615 g/mol. The smallest absolute Gasteiger partial charge is 0.440 e. The molecule has 222 valence electrons. The molecule has 0 radical (unpaired) electrons. The Morgan fingerprint density at radius 1 is 1.14 bits per heavy atom. The maximum absolute atomic E-state index is 14.9. The van der Waals surface area contributed by atoms with Gasteiger partial charge in [0, 0.05) is 36.1 Å². The van der Waals surface area contributed by atoms with E-state index in [0.29, 0.717) is 11.1 Å². The van der Waals surface area contributed by atoms with Crippen LogP contribution in [0.25, 0.3) is 33.7 Å². The summed E-state index contributed by atoms with van der Waals surface area (Å²) < 4.78 is 87.4. The van der Waals surface area contributed by atoms with Crippen LogP contribution in [0.2, 0.25) is 0 Å². The summed E-state index contributed by atoms with van der Waals surface area (Å²) in [4.78, 5) is 8.34. The van der Waals surface area contributed by atoms with Crippen LogP contribution in [0.3, 0.4) is 0 Å². The van der Waals surface area contributed by atoms with Crippen molar-refractivity contribution in [1.29, 1.82) is 5.26 Å². The summed E-state index contributed by atoms with van der Waals surface area (Å²) in [6.45, 7) is 0.721. The number of oxazole rings is 1. The van der Waals surface area contributed by atoms with Gasteiger partial charge in [0.15, 0.2) is 21.5 Å². The molecule has 4 aromatic rings. The summed E-state index contributed by atoms with van der Waals surface area (Å²) in [6.07, 6.45) is -1.46. The minimum atomic E-state index is -4.88. The van der Waals surface area contributed by atoms with Gasteiger partial charge in [-0.25, -0.2) is 17.8 Å². The van der Waals surface area contributed by atoms with Crippen molar-refractivity contribution in [3.05, 3.63) is 83.6 Å². The number of aryl methyl sites for hydroxylation is 1. The van der Waals surface area contributed by atoms with Crippen LogP contribution in [0.1, 0.15) is 11.5 Å². The van der Waals surface area contributed by atoms with E-state index in [1.54, 1.807) is 19.1 Å². The van der Waals surface area contributed by atoms with E-state index < -0.39 is 34.4 Å². The van der Waals surface area contributed by atoms with Crippen LogP contribution >= 0.6 is 0 Å². The standard InChI is InChI=1S/C29H22F4N4O5S/c1-16-37-27(17-3-6-21(7-4-17)42-29(31,32)33)28(41-16)22-11-18(5-8-25(22)36-10-9-20(35)14-34)19-12-24(30)23(15-38)26(13-19)43(2,39)40/h3-13,38H,15,35H2,1-2H3. The number of rotatable bonds is 8. The third-order valence-corrected chi connectivity index (χ3v) is 7.14. The van der Waals surface area contributed by atoms with E-state index in [1.807, 2.05) is 0 Å². The first-order valence-corrected chi connectivity index (χ1v) is 14.1. The molecule has 3 aromatic carbocycles. The quantitative estimate of drug-likeness (QED) is 0.140. The number of sulfone groups is 1. The van der Waals surface area contributed by atoms with Gasteiger partial charge in [-0.3, -0.25) is 4.99 Å². The first-order chi connectivity index (χ1) is 20.2. The minimum Gasteiger partial charge on any atom is -0.440 e. The SMILES string of the molecule is Cc1nc(-c2ccc(OC(F)(F)F)cc2)c(-c2cc(-c3cc(F)c(CO)c(S(C)(=O)=O)c3)ccc2N=CC=C(N)C#N)o1. The number of nitriles is 1. The lowest BCUT2D eigenvalue weighted by Crippen LogP contribution is -2.16. The molecule has 43 heavy (non-hydrogen) atoms. The lowest BCUT2D eigenvalue weighted by molar-refractivity contribution is -0.274. The zero-order chi connectivity index (χ0) is 31.5. The monoisotopic (exact) mass is 614 g/mol. The zero-order valence-electron chi connectivity index (χ0n) is 22.5. The fraction of sp³-hybridized carbons (Fsp3) is 0.138. The van der Waals surface area contributed by atoms with Gasteiger partial charge in [0.1, 0.15) is 29.0 Å². The van der Waals surface area contributed by atoms with Gasteiger partial charge in [0.2, 0.25) is 0 Å². The first-order valence-electron chi connectivity index (χ1n) is 12.2. The highest BCUT2D eigenvalue weighted by Crippen LogP contribution is 2.41. The molecule has 0 unspecified atom stereocenters. The van der Waals surface area contributed by atoms with Crippen molar-refractivity contribution in [2.75, 3.05) is 6.26 Å². The molecule has 0 aliphatic heterocycles. The lowest BCUT2D eigenvalue weighted by atomic mass is 9.97. The topological polar surface area (TPSA) is 152 Å². The van der Waals surface area contributed by atoms with E-state index in [-0.39, 0.29) is 50.3 Å². The van der Waals surface area contributed by atoms with Gasteiger partial charge in [0.25, 0.3) is 0 Å². The van der Waals surface area contributed by atoms with E-state index in [0.717, 1.165) is 24.5 Å². The third kappa shape index (κ3) is 7.26. The number of benzene rings is 3. The molecule has 14 heteroatoms. The molecule has 0 saturated carbocycles. The van der Waals surface area contributed by atoms with Gasteiger partial charge >= 0.3 is 6.36 Å². The number of nitrogens with zero attached hydrogens (tertiary/aromatic N) is 3. The Morgan fingerprint density at radius 2 is 1.81 bits per heavy atom. The van der Waals surface area contributed by atoms with E-state index in [9.17, 15) is 31.1 Å². The van der Waals surface area contributed by atoms with Gasteiger partial charge in [-0.2, -0.15) is 5.26 Å². The van der Waals surface area contributed by atoms with Crippen molar-refractivity contribution >= 4 is 21.7 Å². The molecule has 9 nitrogen and oxygen atoms in total. The maximum atomic E-state index is 14.9. The predicted octanol–water partition coefficient (Wildman–Crippen LogP) is 5.99. The highest BCUT2D eigenvalue weighted by Gasteiger charge is 2.31. The van der Waals surface area contributed by atoms with Crippen LogP contribution in [-0.4, -0.2) is 37.3 Å². The fourth-order valence-electron chi connectivity index (χ4n) is 4.13. The van der Waals surface area contributed by atoms with Crippen LogP contribution in [-0.2, 0) is 16.4 Å². The Bertz CT molecular complexity index is 1890. The predicted molar refractivity (Wildman–Crippen MR) is 149 cm³/mol. The second-order valence-electron chi connectivity index (χ2n) is 9.09. The molecule has 0 spiro atoms. The number of alkyl halides is 3. The maximum Gasteiger partial charge on any atom is 0.573 e. The molecule has 0 aliphatic carbocycles. The largest absolute Gasteiger partial charge is 0.573 e. The van der Waals surface area contributed by atoms with Gasteiger partial charge in [-0.1, -0.05) is 6.07 Å². The normalized spacial score (nSPS) is 12.5. The van der Waals surface area contributed by atoms with E-state index in [2.05, 4.69) is 14.7 Å². The molecule has 1 aromatic heterocycles. The van der Waals surface area contributed by atoms with Crippen LogP contribution in [0, 0.1) is 24.1 Å². The van der Waals surface area contributed by atoms with Crippen molar-refractivity contribution in [3.63, 3.8) is 0 Å². The van der Waals surface area contributed by atoms with Crippen LogP contribution in [0.5, 0.6) is 5.75 Å². The Morgan fingerprint density at radius 3 is 2.42 bits per heavy atom. The molecule has 0 saturated heterocycles. The molecule has 0 atom stereocenters. The molecule has 4 rings (SSSR count). The van der Waals surface area contributed by atoms with Crippen molar-refractivity contribution in [2.45, 2.75) is 24.8 Å². The minimum absolute atomic E-state index is 0.118. The van der Waals surface area contributed by atoms with E-state index in [4.69, 9.17) is 15.4 Å². The Balaban J connectivity index is 1.92. The number of nitrogens with two attached hydrogens (primary N) is 1. The Kier molecular flexibility index (Phi) is 8.70. The summed E-state index contributed by atoms with van der Waals surface area (Å²) >= 11 is 0. The third-order valence-electron chi connectivity index (χ3n) is 5.98. The molecule has 3 N–H and O–H groups in total. The summed E-state index contributed by atoms with van der Waals surface area (Å²) in [6, 6.07) is 13.6. The van der Waals surface area contributed by atoms with Crippen LogP contribution in [0.15, 0.2) is 80.7 Å². The number of halogens is 4. The lowest BCUT2D eigenvalue weighted by Gasteiger charge is -2.13. The first kappa shape index (κ1) is 30.9. The second-order valence-corrected chi connectivity index (χ2v) is 11.1. The molecule has 0 aliphatic rings. The highest BCUT2D eigenvalue weighted by molar-refractivity contribution is 7.90. The summed E-state index contributed by atoms with van der Waals surface area (Å²) in [5.74, 6) is -1.03. The number of hydrogen-bond donors (Lipinski definition) is 2. The van der Waals surface area contributed by atoms with Crippen molar-refractivity contribution < 1.29 is 40.2 Å². The number of ether oxygens (including phenoxy) is 1. The number of aliphatic hydroxyl groups is 1.